The molecule has 140 valence electrons. The quantitative estimate of drug-likeness (QED) is 0.495. The summed E-state index contributed by atoms with van der Waals surface area (Å²) < 4.78 is 20.3. The van der Waals surface area contributed by atoms with Crippen molar-refractivity contribution in [1.82, 2.24) is 5.32 Å². The van der Waals surface area contributed by atoms with Crippen LogP contribution >= 0.6 is 0 Å². The van der Waals surface area contributed by atoms with Gasteiger partial charge in [0, 0.05) is 25.1 Å². The van der Waals surface area contributed by atoms with E-state index in [2.05, 4.69) is 15.4 Å². The maximum atomic E-state index is 11.9. The number of amides is 2. The van der Waals surface area contributed by atoms with Gasteiger partial charge in [-0.05, 0) is 12.8 Å². The van der Waals surface area contributed by atoms with Crippen molar-refractivity contribution in [2.75, 3.05) is 40.3 Å². The van der Waals surface area contributed by atoms with Crippen LogP contribution in [0.2, 0.25) is 0 Å². The number of benzene rings is 1. The number of carbonyl (C=O) groups is 2. The molecular formula is C17H26N2O6. The smallest absolute Gasteiger partial charge is 0.319 e. The molecule has 0 aliphatic rings. The highest BCUT2D eigenvalue weighted by Crippen LogP contribution is 2.39. The average Bonchev–Trinajstić information content (AvgIpc) is 2.63. The first-order valence-electron chi connectivity index (χ1n) is 7.97. The minimum atomic E-state index is -0.331. The number of methoxy groups -OCH3 is 4. The molecule has 0 aliphatic carbocycles. The molecular weight excluding hydrogens is 328 g/mol. The van der Waals surface area contributed by atoms with Crippen molar-refractivity contribution >= 4 is 17.7 Å². The molecule has 1 rings (SSSR count). The molecule has 0 radical (unpaired) electrons. The summed E-state index contributed by atoms with van der Waals surface area (Å²) in [5, 5.41) is 5.48. The van der Waals surface area contributed by atoms with Crippen LogP contribution in [0.3, 0.4) is 0 Å². The van der Waals surface area contributed by atoms with Crippen molar-refractivity contribution in [2.45, 2.75) is 25.7 Å². The van der Waals surface area contributed by atoms with E-state index in [0.717, 1.165) is 19.3 Å². The van der Waals surface area contributed by atoms with Gasteiger partial charge in [0.2, 0.25) is 5.75 Å². The molecule has 0 aromatic heterocycles. The van der Waals surface area contributed by atoms with E-state index in [1.807, 2.05) is 0 Å². The first-order valence-corrected chi connectivity index (χ1v) is 7.97. The molecule has 0 aliphatic heterocycles. The molecule has 0 fully saturated rings. The van der Waals surface area contributed by atoms with E-state index >= 15 is 0 Å². The fourth-order valence-corrected chi connectivity index (χ4v) is 2.20. The second-order valence-electron chi connectivity index (χ2n) is 5.18. The molecule has 2 N–H and O–H groups in total. The Morgan fingerprint density at radius 1 is 0.920 bits per heavy atom. The van der Waals surface area contributed by atoms with Gasteiger partial charge in [0.05, 0.1) is 34.1 Å². The molecule has 8 heteroatoms. The Labute approximate surface area is 147 Å². The van der Waals surface area contributed by atoms with Crippen LogP contribution in [0, 0.1) is 0 Å². The predicted octanol–water partition coefficient (Wildman–Crippen LogP) is 2.57. The minimum Gasteiger partial charge on any atom is -0.493 e. The number of anilines is 1. The molecule has 1 aromatic rings. The second kappa shape index (κ2) is 11.0. The van der Waals surface area contributed by atoms with Gasteiger partial charge in [-0.2, -0.15) is 0 Å². The first kappa shape index (κ1) is 20.4. The molecule has 0 saturated carbocycles. The van der Waals surface area contributed by atoms with Gasteiger partial charge in [-0.3, -0.25) is 4.79 Å². The number of ether oxygens (including phenoxy) is 4. The zero-order valence-electron chi connectivity index (χ0n) is 15.1. The Balaban J connectivity index is 2.45. The Kier molecular flexibility index (Phi) is 8.99. The topological polar surface area (TPSA) is 95.1 Å². The third-order valence-corrected chi connectivity index (χ3v) is 3.49. The number of esters is 1. The second-order valence-corrected chi connectivity index (χ2v) is 5.18. The third-order valence-electron chi connectivity index (χ3n) is 3.49. The number of hydrogen-bond acceptors (Lipinski definition) is 6. The number of carbonyl (C=O) groups excluding carboxylic acids is 2. The van der Waals surface area contributed by atoms with Crippen molar-refractivity contribution in [3.05, 3.63) is 12.1 Å². The summed E-state index contributed by atoms with van der Waals surface area (Å²) in [4.78, 5) is 22.9. The predicted molar refractivity (Wildman–Crippen MR) is 93.6 cm³/mol. The third kappa shape index (κ3) is 6.78. The minimum absolute atomic E-state index is 0.215. The molecule has 0 atom stereocenters. The summed E-state index contributed by atoms with van der Waals surface area (Å²) >= 11 is 0. The summed E-state index contributed by atoms with van der Waals surface area (Å²) in [5.74, 6) is 1.16. The molecule has 0 saturated heterocycles. The summed E-state index contributed by atoms with van der Waals surface area (Å²) in [5.41, 5.74) is 0.526. The highest BCUT2D eigenvalue weighted by molar-refractivity contribution is 5.90. The lowest BCUT2D eigenvalue weighted by molar-refractivity contribution is -0.140. The van der Waals surface area contributed by atoms with Gasteiger partial charge in [0.15, 0.2) is 11.5 Å². The normalized spacial score (nSPS) is 9.92. The molecule has 0 spiro atoms. The molecule has 1 aromatic carbocycles. The Bertz CT molecular complexity index is 551. The van der Waals surface area contributed by atoms with Crippen LogP contribution in [0.5, 0.6) is 17.2 Å². The Morgan fingerprint density at radius 3 is 2.08 bits per heavy atom. The number of unbranched alkanes of at least 4 members (excludes halogenated alkanes) is 2. The van der Waals surface area contributed by atoms with Crippen LogP contribution < -0.4 is 24.8 Å². The standard InChI is InChI=1S/C17H26N2O6/c1-22-13-10-12(11-14(23-2)16(13)25-4)19-17(21)18-9-7-5-6-8-15(20)24-3/h10-11H,5-9H2,1-4H3,(H2,18,19,21). The van der Waals surface area contributed by atoms with Crippen LogP contribution in [0.25, 0.3) is 0 Å². The summed E-state index contributed by atoms with van der Waals surface area (Å²) in [6.45, 7) is 0.511. The van der Waals surface area contributed by atoms with E-state index in [9.17, 15) is 9.59 Å². The van der Waals surface area contributed by atoms with Crippen molar-refractivity contribution < 1.29 is 28.5 Å². The summed E-state index contributed by atoms with van der Waals surface area (Å²) in [6.07, 6.45) is 2.75. The SMILES string of the molecule is COC(=O)CCCCCNC(=O)Nc1cc(OC)c(OC)c(OC)c1. The molecule has 0 unspecified atom stereocenters. The van der Waals surface area contributed by atoms with Crippen LogP contribution in [0.15, 0.2) is 12.1 Å². The lowest BCUT2D eigenvalue weighted by atomic mass is 10.2. The maximum absolute atomic E-state index is 11.9. The Hall–Kier alpha value is -2.64. The van der Waals surface area contributed by atoms with Crippen molar-refractivity contribution in [3.63, 3.8) is 0 Å². The highest BCUT2D eigenvalue weighted by atomic mass is 16.5. The lowest BCUT2D eigenvalue weighted by Crippen LogP contribution is -2.29. The van der Waals surface area contributed by atoms with Crippen LogP contribution in [0.1, 0.15) is 25.7 Å². The van der Waals surface area contributed by atoms with Gasteiger partial charge in [-0.25, -0.2) is 4.79 Å². The fourth-order valence-electron chi connectivity index (χ4n) is 2.20. The van der Waals surface area contributed by atoms with Gasteiger partial charge < -0.3 is 29.6 Å². The molecule has 2 amide bonds. The van der Waals surface area contributed by atoms with Crippen molar-refractivity contribution in [3.8, 4) is 17.2 Å². The number of urea groups is 1. The summed E-state index contributed by atoms with van der Waals surface area (Å²) in [7, 11) is 5.91. The van der Waals surface area contributed by atoms with Gasteiger partial charge >= 0.3 is 12.0 Å². The molecule has 25 heavy (non-hydrogen) atoms. The van der Waals surface area contributed by atoms with Crippen LogP contribution in [-0.4, -0.2) is 47.0 Å². The van der Waals surface area contributed by atoms with E-state index in [-0.39, 0.29) is 12.0 Å². The van der Waals surface area contributed by atoms with E-state index < -0.39 is 0 Å². The van der Waals surface area contributed by atoms with Crippen LogP contribution in [-0.2, 0) is 9.53 Å². The fraction of sp³-hybridized carbons (Fsp3) is 0.529. The molecule has 0 heterocycles. The number of nitrogens with one attached hydrogen (secondary N) is 2. The lowest BCUT2D eigenvalue weighted by Gasteiger charge is -2.15. The summed E-state index contributed by atoms with van der Waals surface area (Å²) in [6, 6.07) is 2.97. The van der Waals surface area contributed by atoms with E-state index in [0.29, 0.717) is 35.9 Å². The van der Waals surface area contributed by atoms with Gasteiger partial charge in [0.1, 0.15) is 0 Å². The zero-order chi connectivity index (χ0) is 18.7. The van der Waals surface area contributed by atoms with E-state index in [1.165, 1.54) is 28.4 Å². The number of hydrogen-bond donors (Lipinski definition) is 2. The monoisotopic (exact) mass is 354 g/mol. The zero-order valence-corrected chi connectivity index (χ0v) is 15.1. The van der Waals surface area contributed by atoms with Gasteiger partial charge in [-0.1, -0.05) is 6.42 Å². The average molecular weight is 354 g/mol. The van der Waals surface area contributed by atoms with Gasteiger partial charge in [-0.15, -0.1) is 0 Å². The van der Waals surface area contributed by atoms with Crippen LogP contribution in [0.4, 0.5) is 10.5 Å². The Morgan fingerprint density at radius 2 is 1.56 bits per heavy atom. The van der Waals surface area contributed by atoms with E-state index in [4.69, 9.17) is 14.2 Å². The largest absolute Gasteiger partial charge is 0.493 e. The van der Waals surface area contributed by atoms with Crippen molar-refractivity contribution in [2.24, 2.45) is 0 Å². The highest BCUT2D eigenvalue weighted by Gasteiger charge is 2.14. The first-order chi connectivity index (χ1) is 12.0. The van der Waals surface area contributed by atoms with Crippen molar-refractivity contribution in [1.29, 1.82) is 0 Å². The van der Waals surface area contributed by atoms with Gasteiger partial charge in [0.25, 0.3) is 0 Å². The number of rotatable bonds is 10. The van der Waals surface area contributed by atoms with E-state index in [1.54, 1.807) is 12.1 Å². The molecule has 0 bridgehead atoms. The molecule has 8 nitrogen and oxygen atoms in total. The maximum Gasteiger partial charge on any atom is 0.319 e.